The van der Waals surface area contributed by atoms with E-state index < -0.39 is 5.60 Å². The summed E-state index contributed by atoms with van der Waals surface area (Å²) in [5, 5.41) is 28.1. The summed E-state index contributed by atoms with van der Waals surface area (Å²) in [5.74, 6) is 1.28. The number of nitrogens with zero attached hydrogens (tertiary/aromatic N) is 2. The lowest BCUT2D eigenvalue weighted by Crippen LogP contribution is -2.36. The van der Waals surface area contributed by atoms with Crippen LogP contribution in [0.25, 0.3) is 10.2 Å². The van der Waals surface area contributed by atoms with Crippen molar-refractivity contribution in [2.75, 3.05) is 23.7 Å². The smallest absolute Gasteiger partial charge is 0.252 e. The second-order valence-electron chi connectivity index (χ2n) is 8.93. The molecular weight excluding hydrogens is 444 g/mol. The van der Waals surface area contributed by atoms with Crippen molar-refractivity contribution in [1.82, 2.24) is 20.6 Å². The fourth-order valence-electron chi connectivity index (χ4n) is 4.27. The van der Waals surface area contributed by atoms with Crippen molar-refractivity contribution in [2.45, 2.75) is 56.7 Å². The Labute approximate surface area is 194 Å². The van der Waals surface area contributed by atoms with Gasteiger partial charge in [0, 0.05) is 24.0 Å². The Balaban J connectivity index is 1.29. The van der Waals surface area contributed by atoms with Gasteiger partial charge in [-0.3, -0.25) is 4.79 Å². The first-order valence-electron chi connectivity index (χ1n) is 11.1. The number of hydrogen-bond acceptors (Lipinski definition) is 9. The number of rotatable bonds is 6. The molecule has 3 aromatic rings. The number of carbonyl (C=O) groups is 1. The van der Waals surface area contributed by atoms with E-state index in [1.165, 1.54) is 11.3 Å². The topological polar surface area (TPSA) is 111 Å². The maximum absolute atomic E-state index is 12.5. The van der Waals surface area contributed by atoms with Crippen molar-refractivity contribution in [2.24, 2.45) is 0 Å². The Kier molecular flexibility index (Phi) is 6.02. The lowest BCUT2D eigenvalue weighted by Gasteiger charge is -2.33. The summed E-state index contributed by atoms with van der Waals surface area (Å²) in [6.07, 6.45) is 4.35. The summed E-state index contributed by atoms with van der Waals surface area (Å²) in [4.78, 5) is 21.9. The van der Waals surface area contributed by atoms with Crippen LogP contribution in [0.2, 0.25) is 0 Å². The number of anilines is 3. The van der Waals surface area contributed by atoms with Crippen molar-refractivity contribution in [3.8, 4) is 0 Å². The fraction of sp³-hybridized carbons (Fsp3) is 0.500. The van der Waals surface area contributed by atoms with Crippen LogP contribution >= 0.6 is 22.7 Å². The molecular formula is C22H28N6O2S2. The van der Waals surface area contributed by atoms with Gasteiger partial charge in [0.2, 0.25) is 5.95 Å². The first-order valence-corrected chi connectivity index (χ1v) is 12.8. The Morgan fingerprint density at radius 2 is 2.06 bits per heavy atom. The normalized spacial score (nSPS) is 25.7. The Morgan fingerprint density at radius 3 is 2.84 bits per heavy atom. The standard InChI is InChI=1S/C22H28N6O2S2/c1-22(30)6-2-14(3-7-22)24-19-18-16(5-9-31-18)26-21(28-19)27-17-10-13(12-32-17)20(29)25-15-4-8-23-11-15/h5,9-10,12,14-15,23,30H,2-4,6-8,11H2,1H3,(H,25,29)(H2,24,26,27,28). The van der Waals surface area contributed by atoms with E-state index >= 15 is 0 Å². The molecule has 1 saturated carbocycles. The van der Waals surface area contributed by atoms with E-state index in [4.69, 9.17) is 4.98 Å². The molecule has 0 radical (unpaired) electrons. The van der Waals surface area contributed by atoms with E-state index in [0.717, 1.165) is 66.2 Å². The third kappa shape index (κ3) is 4.88. The Morgan fingerprint density at radius 1 is 1.22 bits per heavy atom. The molecule has 4 heterocycles. The summed E-state index contributed by atoms with van der Waals surface area (Å²) in [5.41, 5.74) is 0.974. The zero-order valence-electron chi connectivity index (χ0n) is 18.0. The summed E-state index contributed by atoms with van der Waals surface area (Å²) in [6, 6.07) is 4.32. The second kappa shape index (κ2) is 8.93. The third-order valence-electron chi connectivity index (χ3n) is 6.20. The molecule has 170 valence electrons. The van der Waals surface area contributed by atoms with Crippen LogP contribution in [0.1, 0.15) is 49.4 Å². The highest BCUT2D eigenvalue weighted by Gasteiger charge is 2.29. The average molecular weight is 473 g/mol. The maximum atomic E-state index is 12.5. The number of nitrogens with one attached hydrogen (secondary N) is 4. The van der Waals surface area contributed by atoms with Gasteiger partial charge in [0.1, 0.15) is 5.82 Å². The van der Waals surface area contributed by atoms with Gasteiger partial charge in [-0.1, -0.05) is 0 Å². The van der Waals surface area contributed by atoms with Crippen molar-refractivity contribution in [3.63, 3.8) is 0 Å². The number of amides is 1. The molecule has 0 spiro atoms. The monoisotopic (exact) mass is 472 g/mol. The van der Waals surface area contributed by atoms with Crippen LogP contribution in [0.15, 0.2) is 22.9 Å². The molecule has 32 heavy (non-hydrogen) atoms. The van der Waals surface area contributed by atoms with Gasteiger partial charge < -0.3 is 26.4 Å². The van der Waals surface area contributed by atoms with Crippen LogP contribution < -0.4 is 21.3 Å². The molecule has 1 aliphatic heterocycles. The number of hydrogen-bond donors (Lipinski definition) is 5. The molecule has 1 saturated heterocycles. The third-order valence-corrected chi connectivity index (χ3v) is 7.96. The number of thiophene rings is 2. The molecule has 2 fully saturated rings. The molecule has 1 unspecified atom stereocenters. The molecule has 8 nitrogen and oxygen atoms in total. The lowest BCUT2D eigenvalue weighted by atomic mass is 9.84. The van der Waals surface area contributed by atoms with Gasteiger partial charge in [-0.15, -0.1) is 22.7 Å². The van der Waals surface area contributed by atoms with Crippen LogP contribution in [0.5, 0.6) is 0 Å². The highest BCUT2D eigenvalue weighted by atomic mass is 32.1. The number of aliphatic hydroxyl groups is 1. The molecule has 10 heteroatoms. The molecule has 3 aromatic heterocycles. The lowest BCUT2D eigenvalue weighted by molar-refractivity contribution is 0.0196. The van der Waals surface area contributed by atoms with Crippen molar-refractivity contribution >= 4 is 55.6 Å². The van der Waals surface area contributed by atoms with Gasteiger partial charge in [-0.05, 0) is 63.1 Å². The molecule has 0 aromatic carbocycles. The van der Waals surface area contributed by atoms with Crippen molar-refractivity contribution < 1.29 is 9.90 Å². The summed E-state index contributed by atoms with van der Waals surface area (Å²) < 4.78 is 1.03. The average Bonchev–Trinajstić information content (AvgIpc) is 3.51. The number of carbonyl (C=O) groups excluding carboxylic acids is 1. The molecule has 5 N–H and O–H groups in total. The van der Waals surface area contributed by atoms with Gasteiger partial charge in [-0.2, -0.15) is 4.98 Å². The van der Waals surface area contributed by atoms with Crippen molar-refractivity contribution in [3.05, 3.63) is 28.5 Å². The van der Waals surface area contributed by atoms with Gasteiger partial charge in [0.05, 0.1) is 26.4 Å². The highest BCUT2D eigenvalue weighted by Crippen LogP contribution is 2.33. The van der Waals surface area contributed by atoms with Crippen LogP contribution in [0.4, 0.5) is 16.8 Å². The second-order valence-corrected chi connectivity index (χ2v) is 10.8. The molecule has 0 bridgehead atoms. The van der Waals surface area contributed by atoms with Gasteiger partial charge in [-0.25, -0.2) is 4.98 Å². The summed E-state index contributed by atoms with van der Waals surface area (Å²) in [6.45, 7) is 3.68. The van der Waals surface area contributed by atoms with Gasteiger partial charge in [0.15, 0.2) is 0 Å². The van der Waals surface area contributed by atoms with Crippen LogP contribution in [-0.2, 0) is 0 Å². The minimum atomic E-state index is -0.563. The molecule has 5 rings (SSSR count). The van der Waals surface area contributed by atoms with Crippen LogP contribution in [-0.4, -0.2) is 51.8 Å². The van der Waals surface area contributed by atoms with E-state index in [-0.39, 0.29) is 18.0 Å². The molecule has 1 atom stereocenters. The minimum Gasteiger partial charge on any atom is -0.390 e. The first-order chi connectivity index (χ1) is 15.4. The zero-order chi connectivity index (χ0) is 22.1. The van der Waals surface area contributed by atoms with E-state index in [1.54, 1.807) is 11.3 Å². The van der Waals surface area contributed by atoms with Gasteiger partial charge in [0.25, 0.3) is 5.91 Å². The summed E-state index contributed by atoms with van der Waals surface area (Å²) >= 11 is 3.09. The van der Waals surface area contributed by atoms with Crippen molar-refractivity contribution in [1.29, 1.82) is 0 Å². The fourth-order valence-corrected chi connectivity index (χ4v) is 5.83. The molecule has 2 aliphatic rings. The first kappa shape index (κ1) is 21.6. The summed E-state index contributed by atoms with van der Waals surface area (Å²) in [7, 11) is 0. The van der Waals surface area contributed by atoms with Crippen LogP contribution in [0, 0.1) is 0 Å². The van der Waals surface area contributed by atoms with Crippen LogP contribution in [0.3, 0.4) is 0 Å². The number of fused-ring (bicyclic) bond motifs is 1. The highest BCUT2D eigenvalue weighted by molar-refractivity contribution is 7.17. The zero-order valence-corrected chi connectivity index (χ0v) is 19.6. The number of aromatic nitrogens is 2. The SMILES string of the molecule is CC1(O)CCC(Nc2nc(Nc3cc(C(=O)NC4CCNC4)cs3)nc3ccsc23)CC1. The van der Waals surface area contributed by atoms with E-state index in [0.29, 0.717) is 11.5 Å². The quantitative estimate of drug-likeness (QED) is 0.372. The van der Waals surface area contributed by atoms with E-state index in [1.807, 2.05) is 29.8 Å². The Hall–Kier alpha value is -2.27. The Bertz CT molecular complexity index is 1090. The molecule has 1 amide bonds. The minimum absolute atomic E-state index is 0.0484. The van der Waals surface area contributed by atoms with Gasteiger partial charge >= 0.3 is 0 Å². The predicted molar refractivity (Wildman–Crippen MR) is 130 cm³/mol. The largest absolute Gasteiger partial charge is 0.390 e. The maximum Gasteiger partial charge on any atom is 0.252 e. The molecule has 1 aliphatic carbocycles. The predicted octanol–water partition coefficient (Wildman–Crippen LogP) is 3.69. The van der Waals surface area contributed by atoms with E-state index in [9.17, 15) is 9.90 Å². The van der Waals surface area contributed by atoms with E-state index in [2.05, 4.69) is 26.3 Å².